The van der Waals surface area contributed by atoms with Crippen LogP contribution < -0.4 is 4.90 Å². The van der Waals surface area contributed by atoms with Crippen molar-refractivity contribution in [2.24, 2.45) is 0 Å². The third-order valence-corrected chi connectivity index (χ3v) is 4.49. The number of ketones is 1. The average molecular weight is 337 g/mol. The van der Waals surface area contributed by atoms with Gasteiger partial charge in [-0.3, -0.25) is 4.79 Å². The largest absolute Gasteiger partial charge is 0.378 e. The van der Waals surface area contributed by atoms with Crippen LogP contribution in [-0.2, 0) is 4.74 Å². The van der Waals surface area contributed by atoms with Gasteiger partial charge in [0, 0.05) is 36.6 Å². The molecule has 3 rings (SSSR count). The number of aromatic nitrogens is 2. The molecule has 5 nitrogen and oxygen atoms in total. The summed E-state index contributed by atoms with van der Waals surface area (Å²) in [7, 11) is 0. The molecule has 1 aliphatic rings. The minimum Gasteiger partial charge on any atom is -0.378 e. The molecule has 2 heterocycles. The highest BCUT2D eigenvalue weighted by atomic mass is 16.5. The molecule has 25 heavy (non-hydrogen) atoms. The summed E-state index contributed by atoms with van der Waals surface area (Å²) in [6.07, 6.45) is 6.84. The highest BCUT2D eigenvalue weighted by molar-refractivity contribution is 6.07. The fourth-order valence-corrected chi connectivity index (χ4v) is 2.83. The van der Waals surface area contributed by atoms with Gasteiger partial charge in [0.05, 0.1) is 13.2 Å². The quantitative estimate of drug-likeness (QED) is 0.634. The van der Waals surface area contributed by atoms with E-state index in [2.05, 4.69) is 27.9 Å². The lowest BCUT2D eigenvalue weighted by Gasteiger charge is -2.26. The molecule has 0 N–H and O–H groups in total. The maximum Gasteiger partial charge on any atom is 0.225 e. The lowest BCUT2D eigenvalue weighted by Crippen LogP contribution is -2.37. The molecular formula is C20H23N3O2. The van der Waals surface area contributed by atoms with Crippen LogP contribution in [0.25, 0.3) is 6.08 Å². The van der Waals surface area contributed by atoms with Crippen LogP contribution in [0.1, 0.15) is 32.6 Å². The Morgan fingerprint density at radius 2 is 1.68 bits per heavy atom. The molecular weight excluding hydrogens is 314 g/mol. The van der Waals surface area contributed by atoms with Crippen LogP contribution in [-0.4, -0.2) is 42.1 Å². The van der Waals surface area contributed by atoms with Crippen LogP contribution in [0.5, 0.6) is 0 Å². The molecule has 130 valence electrons. The van der Waals surface area contributed by atoms with Gasteiger partial charge in [-0.15, -0.1) is 0 Å². The van der Waals surface area contributed by atoms with E-state index >= 15 is 0 Å². The van der Waals surface area contributed by atoms with Gasteiger partial charge in [0.1, 0.15) is 0 Å². The smallest absolute Gasteiger partial charge is 0.225 e. The Kier molecular flexibility index (Phi) is 5.24. The summed E-state index contributed by atoms with van der Waals surface area (Å²) in [5.74, 6) is 0.703. The summed E-state index contributed by atoms with van der Waals surface area (Å²) in [6, 6.07) is 4.01. The summed E-state index contributed by atoms with van der Waals surface area (Å²) in [5, 5.41) is 0. The molecule has 0 spiro atoms. The zero-order valence-corrected chi connectivity index (χ0v) is 15.0. The maximum absolute atomic E-state index is 12.5. The molecule has 5 heteroatoms. The Morgan fingerprint density at radius 1 is 1.04 bits per heavy atom. The first-order valence-corrected chi connectivity index (χ1v) is 8.49. The number of morpholine rings is 1. The highest BCUT2D eigenvalue weighted by Gasteiger charge is 2.13. The summed E-state index contributed by atoms with van der Waals surface area (Å²) < 4.78 is 5.33. The van der Waals surface area contributed by atoms with Crippen molar-refractivity contribution in [2.45, 2.75) is 20.8 Å². The van der Waals surface area contributed by atoms with E-state index in [0.29, 0.717) is 19.2 Å². The minimum atomic E-state index is -0.00199. The van der Waals surface area contributed by atoms with Gasteiger partial charge in [-0.1, -0.05) is 6.07 Å². The lowest BCUT2D eigenvalue weighted by molar-refractivity contribution is 0.104. The standard InChI is InChI=1S/C20H23N3O2/c1-14-10-16(3)18(11-15(14)2)19(24)5-4-17-12-21-20(22-13-17)23-6-8-25-9-7-23/h4-5,10-13H,6-9H2,1-3H3/b5-4-. The minimum absolute atomic E-state index is 0.00199. The van der Waals surface area contributed by atoms with E-state index in [1.54, 1.807) is 24.5 Å². The van der Waals surface area contributed by atoms with Crippen LogP contribution in [0, 0.1) is 20.8 Å². The van der Waals surface area contributed by atoms with Crippen molar-refractivity contribution in [3.8, 4) is 0 Å². The number of aryl methyl sites for hydroxylation is 3. The summed E-state index contributed by atoms with van der Waals surface area (Å²) in [5.41, 5.74) is 4.87. The molecule has 1 aromatic heterocycles. The Balaban J connectivity index is 1.71. The van der Waals surface area contributed by atoms with Gasteiger partial charge < -0.3 is 9.64 Å². The monoisotopic (exact) mass is 337 g/mol. The second-order valence-electron chi connectivity index (χ2n) is 6.36. The van der Waals surface area contributed by atoms with Gasteiger partial charge in [0.25, 0.3) is 0 Å². The fourth-order valence-electron chi connectivity index (χ4n) is 2.83. The van der Waals surface area contributed by atoms with Crippen LogP contribution in [0.3, 0.4) is 0 Å². The normalized spacial score (nSPS) is 14.9. The van der Waals surface area contributed by atoms with Crippen LogP contribution >= 0.6 is 0 Å². The second kappa shape index (κ2) is 7.57. The number of carbonyl (C=O) groups excluding carboxylic acids is 1. The van der Waals surface area contributed by atoms with Gasteiger partial charge in [-0.25, -0.2) is 9.97 Å². The maximum atomic E-state index is 12.5. The van der Waals surface area contributed by atoms with Crippen LogP contribution in [0.2, 0.25) is 0 Å². The molecule has 1 aromatic carbocycles. The third-order valence-electron chi connectivity index (χ3n) is 4.49. The van der Waals surface area contributed by atoms with Crippen LogP contribution in [0.15, 0.2) is 30.6 Å². The number of hydrogen-bond acceptors (Lipinski definition) is 5. The number of allylic oxidation sites excluding steroid dienone is 1. The first-order valence-electron chi connectivity index (χ1n) is 8.49. The predicted molar refractivity (Wildman–Crippen MR) is 99.1 cm³/mol. The van der Waals surface area contributed by atoms with Crippen molar-refractivity contribution in [3.63, 3.8) is 0 Å². The number of nitrogens with zero attached hydrogens (tertiary/aromatic N) is 3. The number of ether oxygens (including phenoxy) is 1. The summed E-state index contributed by atoms with van der Waals surface area (Å²) in [4.78, 5) is 23.4. The van der Waals surface area contributed by atoms with E-state index in [1.807, 2.05) is 19.9 Å². The molecule has 0 amide bonds. The molecule has 0 radical (unpaired) electrons. The summed E-state index contributed by atoms with van der Waals surface area (Å²) in [6.45, 7) is 9.06. The molecule has 2 aromatic rings. The average Bonchev–Trinajstić information content (AvgIpc) is 2.64. The first-order chi connectivity index (χ1) is 12.0. The predicted octanol–water partition coefficient (Wildman–Crippen LogP) is 3.13. The lowest BCUT2D eigenvalue weighted by atomic mass is 9.98. The number of hydrogen-bond donors (Lipinski definition) is 0. The van der Waals surface area contributed by atoms with Crippen LogP contribution in [0.4, 0.5) is 5.95 Å². The highest BCUT2D eigenvalue weighted by Crippen LogP contribution is 2.17. The molecule has 0 unspecified atom stereocenters. The zero-order valence-electron chi connectivity index (χ0n) is 15.0. The number of benzene rings is 1. The molecule has 0 aliphatic carbocycles. The molecule has 0 atom stereocenters. The van der Waals surface area contributed by atoms with Crippen molar-refractivity contribution < 1.29 is 9.53 Å². The third kappa shape index (κ3) is 4.12. The molecule has 1 saturated heterocycles. The van der Waals surface area contributed by atoms with Gasteiger partial charge in [-0.2, -0.15) is 0 Å². The van der Waals surface area contributed by atoms with Gasteiger partial charge in [-0.05, 0) is 55.7 Å². The van der Waals surface area contributed by atoms with Crippen molar-refractivity contribution in [2.75, 3.05) is 31.2 Å². The van der Waals surface area contributed by atoms with E-state index in [9.17, 15) is 4.79 Å². The zero-order chi connectivity index (χ0) is 17.8. The van der Waals surface area contributed by atoms with E-state index in [0.717, 1.165) is 35.3 Å². The summed E-state index contributed by atoms with van der Waals surface area (Å²) >= 11 is 0. The fraction of sp³-hybridized carbons (Fsp3) is 0.350. The molecule has 0 bridgehead atoms. The molecule has 1 aliphatic heterocycles. The topological polar surface area (TPSA) is 55.3 Å². The van der Waals surface area contributed by atoms with E-state index < -0.39 is 0 Å². The van der Waals surface area contributed by atoms with Gasteiger partial charge >= 0.3 is 0 Å². The van der Waals surface area contributed by atoms with E-state index in [1.165, 1.54) is 5.56 Å². The van der Waals surface area contributed by atoms with E-state index in [4.69, 9.17) is 4.74 Å². The Labute approximate surface area is 148 Å². The Bertz CT molecular complexity index is 791. The van der Waals surface area contributed by atoms with Crippen molar-refractivity contribution >= 4 is 17.8 Å². The van der Waals surface area contributed by atoms with E-state index in [-0.39, 0.29) is 5.78 Å². The van der Waals surface area contributed by atoms with Gasteiger partial charge in [0.2, 0.25) is 5.95 Å². The van der Waals surface area contributed by atoms with Crippen molar-refractivity contribution in [3.05, 3.63) is 58.4 Å². The van der Waals surface area contributed by atoms with Gasteiger partial charge in [0.15, 0.2) is 5.78 Å². The number of carbonyl (C=O) groups is 1. The van der Waals surface area contributed by atoms with Crippen molar-refractivity contribution in [1.29, 1.82) is 0 Å². The number of rotatable bonds is 4. The number of anilines is 1. The van der Waals surface area contributed by atoms with Crippen molar-refractivity contribution in [1.82, 2.24) is 9.97 Å². The first kappa shape index (κ1) is 17.3. The molecule has 0 saturated carbocycles. The Hall–Kier alpha value is -2.53. The SMILES string of the molecule is Cc1cc(C)c(C(=O)/C=C\c2cnc(N3CCOCC3)nc2)cc1C. The molecule has 1 fully saturated rings. The second-order valence-corrected chi connectivity index (χ2v) is 6.36. The Morgan fingerprint density at radius 3 is 2.36 bits per heavy atom.